The van der Waals surface area contributed by atoms with Gasteiger partial charge >= 0.3 is 5.97 Å². The molecule has 1 heterocycles. The number of carbonyl (C=O) groups is 1. The number of carboxylic acid groups (broad SMARTS) is 1. The fourth-order valence-corrected chi connectivity index (χ4v) is 2.41. The van der Waals surface area contributed by atoms with Crippen molar-refractivity contribution in [2.24, 2.45) is 5.92 Å². The van der Waals surface area contributed by atoms with Crippen molar-refractivity contribution in [1.29, 1.82) is 0 Å². The normalized spacial score (nSPS) is 13.0. The predicted octanol–water partition coefficient (Wildman–Crippen LogP) is 2.84. The monoisotopic (exact) mass is 256 g/mol. The lowest BCUT2D eigenvalue weighted by Crippen LogP contribution is -2.15. The number of carboxylic acids is 1. The van der Waals surface area contributed by atoms with Crippen LogP contribution >= 0.6 is 11.8 Å². The highest BCUT2D eigenvalue weighted by Crippen LogP contribution is 2.27. The lowest BCUT2D eigenvalue weighted by molar-refractivity contribution is -0.133. The molecule has 0 fully saturated rings. The average molecular weight is 256 g/mol. The standard InChI is InChI=1S/C12H20N2O2S/c1-5-10-6-13-12(17-7-11(15)16)14(10)9(4)8(2)3/h6,8-9H,5,7H2,1-4H3,(H,15,16). The molecular formula is C12H20N2O2S. The van der Waals surface area contributed by atoms with Crippen molar-refractivity contribution in [2.45, 2.75) is 45.3 Å². The third-order valence-electron chi connectivity index (χ3n) is 2.90. The number of aromatic nitrogens is 2. The molecule has 1 unspecified atom stereocenters. The molecule has 96 valence electrons. The number of hydrogen-bond acceptors (Lipinski definition) is 3. The van der Waals surface area contributed by atoms with Crippen molar-refractivity contribution in [2.75, 3.05) is 5.75 Å². The highest BCUT2D eigenvalue weighted by atomic mass is 32.2. The number of aliphatic carboxylic acids is 1. The van der Waals surface area contributed by atoms with E-state index in [0.717, 1.165) is 11.6 Å². The van der Waals surface area contributed by atoms with Crippen molar-refractivity contribution in [3.8, 4) is 0 Å². The Hall–Kier alpha value is -0.970. The van der Waals surface area contributed by atoms with Crippen LogP contribution in [0.5, 0.6) is 0 Å². The molecule has 5 heteroatoms. The van der Waals surface area contributed by atoms with Gasteiger partial charge in [0.1, 0.15) is 0 Å². The number of rotatable bonds is 6. The van der Waals surface area contributed by atoms with Crippen molar-refractivity contribution in [3.63, 3.8) is 0 Å². The molecule has 1 aromatic rings. The minimum Gasteiger partial charge on any atom is -0.481 e. The second-order valence-electron chi connectivity index (χ2n) is 4.42. The molecule has 0 saturated carbocycles. The van der Waals surface area contributed by atoms with Crippen molar-refractivity contribution >= 4 is 17.7 Å². The van der Waals surface area contributed by atoms with Gasteiger partial charge in [0.05, 0.1) is 5.75 Å². The Morgan fingerprint density at radius 3 is 2.65 bits per heavy atom. The molecule has 0 aromatic carbocycles. The molecule has 0 aliphatic carbocycles. The Kier molecular flexibility index (Phi) is 5.05. The summed E-state index contributed by atoms with van der Waals surface area (Å²) >= 11 is 1.29. The van der Waals surface area contributed by atoms with E-state index >= 15 is 0 Å². The molecule has 4 nitrogen and oxygen atoms in total. The molecule has 1 atom stereocenters. The summed E-state index contributed by atoms with van der Waals surface area (Å²) in [5.41, 5.74) is 1.17. The van der Waals surface area contributed by atoms with Gasteiger partial charge in [0.25, 0.3) is 0 Å². The Balaban J connectivity index is 2.97. The van der Waals surface area contributed by atoms with E-state index in [2.05, 4.69) is 37.2 Å². The first-order valence-electron chi connectivity index (χ1n) is 5.88. The molecule has 0 spiro atoms. The first-order chi connectivity index (χ1) is 7.97. The predicted molar refractivity (Wildman–Crippen MR) is 69.5 cm³/mol. The maximum atomic E-state index is 10.6. The second kappa shape index (κ2) is 6.10. The maximum absolute atomic E-state index is 10.6. The summed E-state index contributed by atoms with van der Waals surface area (Å²) in [6.07, 6.45) is 2.76. The first kappa shape index (κ1) is 14.1. The number of nitrogens with zero attached hydrogens (tertiary/aromatic N) is 2. The molecule has 17 heavy (non-hydrogen) atoms. The molecule has 0 radical (unpaired) electrons. The zero-order valence-electron chi connectivity index (χ0n) is 10.8. The first-order valence-corrected chi connectivity index (χ1v) is 6.86. The Morgan fingerprint density at radius 1 is 1.53 bits per heavy atom. The van der Waals surface area contributed by atoms with Crippen LogP contribution < -0.4 is 0 Å². The van der Waals surface area contributed by atoms with Gasteiger partial charge in [-0.25, -0.2) is 4.98 Å². The smallest absolute Gasteiger partial charge is 0.313 e. The second-order valence-corrected chi connectivity index (χ2v) is 5.37. The van der Waals surface area contributed by atoms with Crippen LogP contribution in [0.15, 0.2) is 11.4 Å². The van der Waals surface area contributed by atoms with Gasteiger partial charge in [-0.1, -0.05) is 32.5 Å². The lowest BCUT2D eigenvalue weighted by atomic mass is 10.1. The zero-order valence-corrected chi connectivity index (χ0v) is 11.6. The highest BCUT2D eigenvalue weighted by Gasteiger charge is 2.18. The van der Waals surface area contributed by atoms with E-state index in [1.165, 1.54) is 17.5 Å². The molecule has 0 aliphatic heterocycles. The fraction of sp³-hybridized carbons (Fsp3) is 0.667. The molecular weight excluding hydrogens is 236 g/mol. The average Bonchev–Trinajstić information content (AvgIpc) is 2.67. The van der Waals surface area contributed by atoms with E-state index in [0.29, 0.717) is 12.0 Å². The van der Waals surface area contributed by atoms with Gasteiger partial charge in [0.15, 0.2) is 5.16 Å². The Labute approximate surface area is 106 Å². The molecule has 1 N–H and O–H groups in total. The van der Waals surface area contributed by atoms with Gasteiger partial charge in [0.2, 0.25) is 0 Å². The minimum atomic E-state index is -0.806. The van der Waals surface area contributed by atoms with Crippen LogP contribution in [0.4, 0.5) is 0 Å². The minimum absolute atomic E-state index is 0.0605. The van der Waals surface area contributed by atoms with Gasteiger partial charge in [-0.15, -0.1) is 0 Å². The van der Waals surface area contributed by atoms with E-state index < -0.39 is 5.97 Å². The molecule has 0 aliphatic rings. The quantitative estimate of drug-likeness (QED) is 0.795. The van der Waals surface area contributed by atoms with Crippen LogP contribution in [0.2, 0.25) is 0 Å². The summed E-state index contributed by atoms with van der Waals surface area (Å²) in [5.74, 6) is -0.246. The maximum Gasteiger partial charge on any atom is 0.313 e. The molecule has 0 amide bonds. The summed E-state index contributed by atoms with van der Waals surface area (Å²) in [6.45, 7) is 8.56. The number of imidazole rings is 1. The van der Waals surface area contributed by atoms with Gasteiger partial charge < -0.3 is 9.67 Å². The largest absolute Gasteiger partial charge is 0.481 e. The van der Waals surface area contributed by atoms with Gasteiger partial charge in [0, 0.05) is 17.9 Å². The highest BCUT2D eigenvalue weighted by molar-refractivity contribution is 7.99. The van der Waals surface area contributed by atoms with Crippen LogP contribution in [0.3, 0.4) is 0 Å². The number of thioether (sulfide) groups is 1. The van der Waals surface area contributed by atoms with Crippen LogP contribution in [0.1, 0.15) is 39.4 Å². The summed E-state index contributed by atoms with van der Waals surface area (Å²) in [6, 6.07) is 0.337. The van der Waals surface area contributed by atoms with E-state index in [9.17, 15) is 4.79 Å². The van der Waals surface area contributed by atoms with E-state index in [1.54, 1.807) is 0 Å². The lowest BCUT2D eigenvalue weighted by Gasteiger charge is -2.22. The van der Waals surface area contributed by atoms with Crippen LogP contribution in [0.25, 0.3) is 0 Å². The Bertz CT molecular complexity index is 388. The number of hydrogen-bond donors (Lipinski definition) is 1. The van der Waals surface area contributed by atoms with Crippen molar-refractivity contribution in [3.05, 3.63) is 11.9 Å². The molecule has 0 bridgehead atoms. The van der Waals surface area contributed by atoms with Crippen LogP contribution in [-0.4, -0.2) is 26.4 Å². The van der Waals surface area contributed by atoms with Crippen molar-refractivity contribution in [1.82, 2.24) is 9.55 Å². The summed E-state index contributed by atoms with van der Waals surface area (Å²) in [4.78, 5) is 14.9. The topological polar surface area (TPSA) is 55.1 Å². The third kappa shape index (κ3) is 3.49. The van der Waals surface area contributed by atoms with Gasteiger partial charge in [-0.3, -0.25) is 4.79 Å². The van der Waals surface area contributed by atoms with Crippen molar-refractivity contribution < 1.29 is 9.90 Å². The summed E-state index contributed by atoms with van der Waals surface area (Å²) in [5, 5.41) is 9.53. The zero-order chi connectivity index (χ0) is 13.0. The number of aryl methyl sites for hydroxylation is 1. The molecule has 0 saturated heterocycles. The summed E-state index contributed by atoms with van der Waals surface area (Å²) in [7, 11) is 0. The SMILES string of the molecule is CCc1cnc(SCC(=O)O)n1C(C)C(C)C. The third-order valence-corrected chi connectivity index (χ3v) is 3.85. The summed E-state index contributed by atoms with van der Waals surface area (Å²) < 4.78 is 2.16. The molecule has 1 rings (SSSR count). The van der Waals surface area contributed by atoms with Crippen LogP contribution in [-0.2, 0) is 11.2 Å². The Morgan fingerprint density at radius 2 is 2.18 bits per heavy atom. The fourth-order valence-electron chi connectivity index (χ4n) is 1.61. The van der Waals surface area contributed by atoms with E-state index in [-0.39, 0.29) is 5.75 Å². The van der Waals surface area contributed by atoms with Crippen LogP contribution in [0, 0.1) is 5.92 Å². The molecule has 1 aromatic heterocycles. The van der Waals surface area contributed by atoms with E-state index in [1.807, 2.05) is 6.20 Å². The van der Waals surface area contributed by atoms with Gasteiger partial charge in [-0.05, 0) is 19.3 Å². The van der Waals surface area contributed by atoms with Gasteiger partial charge in [-0.2, -0.15) is 0 Å². The van der Waals surface area contributed by atoms with E-state index in [4.69, 9.17) is 5.11 Å².